The molecule has 70 valence electrons. The summed E-state index contributed by atoms with van der Waals surface area (Å²) in [6, 6.07) is 0.866. The molecule has 12 heavy (non-hydrogen) atoms. The van der Waals surface area contributed by atoms with Gasteiger partial charge in [-0.1, -0.05) is 20.8 Å². The maximum atomic E-state index is 2.71. The normalized spacial score (nSPS) is 41.8. The van der Waals surface area contributed by atoms with Crippen molar-refractivity contribution < 1.29 is 0 Å². The van der Waals surface area contributed by atoms with E-state index in [0.717, 1.165) is 12.0 Å². The van der Waals surface area contributed by atoms with Crippen LogP contribution in [0.15, 0.2) is 0 Å². The summed E-state index contributed by atoms with van der Waals surface area (Å²) < 4.78 is 0. The van der Waals surface area contributed by atoms with Crippen molar-refractivity contribution in [2.24, 2.45) is 11.3 Å². The lowest BCUT2D eigenvalue weighted by molar-refractivity contribution is -0.00701. The van der Waals surface area contributed by atoms with E-state index in [-0.39, 0.29) is 0 Å². The number of hydrogen-bond donors (Lipinski definition) is 0. The molecular weight excluding hydrogens is 146 g/mol. The van der Waals surface area contributed by atoms with E-state index in [1.807, 2.05) is 0 Å². The fourth-order valence-electron chi connectivity index (χ4n) is 2.87. The highest BCUT2D eigenvalue weighted by atomic mass is 15.2. The molecule has 3 heterocycles. The summed E-state index contributed by atoms with van der Waals surface area (Å²) in [5.74, 6) is 1.05. The van der Waals surface area contributed by atoms with Gasteiger partial charge >= 0.3 is 0 Å². The Labute approximate surface area is 76.1 Å². The molecule has 0 aromatic rings. The molecule has 1 unspecified atom stereocenters. The average molecular weight is 167 g/mol. The Bertz CT molecular complexity index is 160. The molecule has 0 amide bonds. The van der Waals surface area contributed by atoms with Crippen molar-refractivity contribution >= 4 is 0 Å². The first-order valence-corrected chi connectivity index (χ1v) is 5.31. The molecule has 3 saturated heterocycles. The van der Waals surface area contributed by atoms with Crippen molar-refractivity contribution in [2.75, 3.05) is 13.1 Å². The molecule has 3 rings (SSSR count). The summed E-state index contributed by atoms with van der Waals surface area (Å²) in [4.78, 5) is 2.71. The summed E-state index contributed by atoms with van der Waals surface area (Å²) in [7, 11) is 0. The lowest BCUT2D eigenvalue weighted by atomic mass is 9.73. The van der Waals surface area contributed by atoms with Gasteiger partial charge in [0, 0.05) is 6.04 Å². The van der Waals surface area contributed by atoms with Gasteiger partial charge in [-0.05, 0) is 43.7 Å². The minimum absolute atomic E-state index is 0.499. The third kappa shape index (κ3) is 1.39. The fourth-order valence-corrected chi connectivity index (χ4v) is 2.87. The third-order valence-corrected chi connectivity index (χ3v) is 3.65. The number of rotatable bonds is 0. The minimum Gasteiger partial charge on any atom is -0.300 e. The zero-order valence-electron chi connectivity index (χ0n) is 8.64. The van der Waals surface area contributed by atoms with Crippen LogP contribution in [0.3, 0.4) is 0 Å². The summed E-state index contributed by atoms with van der Waals surface area (Å²) >= 11 is 0. The Morgan fingerprint density at radius 1 is 1.08 bits per heavy atom. The van der Waals surface area contributed by atoms with Crippen LogP contribution in [-0.2, 0) is 0 Å². The smallest absolute Gasteiger partial charge is 0.0146 e. The number of nitrogens with zero attached hydrogens (tertiary/aromatic N) is 1. The summed E-state index contributed by atoms with van der Waals surface area (Å²) in [6.07, 6.45) is 4.39. The molecule has 0 N–H and O–H groups in total. The van der Waals surface area contributed by atoms with Gasteiger partial charge in [0.1, 0.15) is 0 Å². The van der Waals surface area contributed by atoms with E-state index in [4.69, 9.17) is 0 Å². The van der Waals surface area contributed by atoms with E-state index in [1.165, 1.54) is 32.4 Å². The van der Waals surface area contributed by atoms with Crippen LogP contribution >= 0.6 is 0 Å². The van der Waals surface area contributed by atoms with Gasteiger partial charge in [0.25, 0.3) is 0 Å². The molecule has 2 bridgehead atoms. The maximum absolute atomic E-state index is 2.71. The zero-order valence-corrected chi connectivity index (χ0v) is 8.64. The molecule has 0 aliphatic carbocycles. The minimum atomic E-state index is 0.499. The first-order valence-electron chi connectivity index (χ1n) is 5.31. The highest BCUT2D eigenvalue weighted by Crippen LogP contribution is 2.39. The molecule has 0 aromatic heterocycles. The van der Waals surface area contributed by atoms with Crippen molar-refractivity contribution in [3.63, 3.8) is 0 Å². The van der Waals surface area contributed by atoms with Gasteiger partial charge in [0.2, 0.25) is 0 Å². The van der Waals surface area contributed by atoms with Crippen LogP contribution in [0.1, 0.15) is 40.0 Å². The van der Waals surface area contributed by atoms with Crippen LogP contribution in [0.2, 0.25) is 0 Å². The van der Waals surface area contributed by atoms with Crippen LogP contribution in [0.25, 0.3) is 0 Å². The number of piperidine rings is 3. The van der Waals surface area contributed by atoms with E-state index in [0.29, 0.717) is 5.41 Å². The first-order chi connectivity index (χ1) is 5.57. The third-order valence-electron chi connectivity index (χ3n) is 3.65. The van der Waals surface area contributed by atoms with Gasteiger partial charge in [0.15, 0.2) is 0 Å². The molecule has 0 aromatic carbocycles. The molecule has 0 spiro atoms. The Morgan fingerprint density at radius 2 is 1.67 bits per heavy atom. The van der Waals surface area contributed by atoms with Gasteiger partial charge in [-0.2, -0.15) is 0 Å². The van der Waals surface area contributed by atoms with Crippen molar-refractivity contribution in [3.05, 3.63) is 0 Å². The molecule has 0 radical (unpaired) electrons. The summed E-state index contributed by atoms with van der Waals surface area (Å²) in [5, 5.41) is 0. The monoisotopic (exact) mass is 167 g/mol. The second kappa shape index (κ2) is 2.73. The SMILES string of the molecule is CC(C)(C)C1CC2CCN1CC2. The molecular formula is C11H21N. The largest absolute Gasteiger partial charge is 0.300 e. The van der Waals surface area contributed by atoms with Crippen LogP contribution in [-0.4, -0.2) is 24.0 Å². The molecule has 1 atom stereocenters. The highest BCUT2D eigenvalue weighted by molar-refractivity contribution is 4.93. The molecule has 3 aliphatic heterocycles. The molecule has 3 aliphatic rings. The Morgan fingerprint density at radius 3 is 1.92 bits per heavy atom. The number of fused-ring (bicyclic) bond motifs is 3. The molecule has 1 nitrogen and oxygen atoms in total. The lowest BCUT2D eigenvalue weighted by Crippen LogP contribution is -2.53. The quantitative estimate of drug-likeness (QED) is 0.536. The summed E-state index contributed by atoms with van der Waals surface area (Å²) in [6.45, 7) is 9.90. The van der Waals surface area contributed by atoms with E-state index in [2.05, 4.69) is 25.7 Å². The van der Waals surface area contributed by atoms with Gasteiger partial charge in [0.05, 0.1) is 0 Å². The van der Waals surface area contributed by atoms with Gasteiger partial charge < -0.3 is 0 Å². The van der Waals surface area contributed by atoms with E-state index in [1.54, 1.807) is 0 Å². The predicted octanol–water partition coefficient (Wildman–Crippen LogP) is 2.52. The second-order valence-corrected chi connectivity index (χ2v) is 5.60. The molecule has 1 heteroatoms. The Balaban J connectivity index is 2.09. The Kier molecular flexibility index (Phi) is 1.95. The van der Waals surface area contributed by atoms with Crippen molar-refractivity contribution in [1.82, 2.24) is 4.90 Å². The van der Waals surface area contributed by atoms with E-state index < -0.39 is 0 Å². The van der Waals surface area contributed by atoms with E-state index in [9.17, 15) is 0 Å². The van der Waals surface area contributed by atoms with Crippen LogP contribution in [0.5, 0.6) is 0 Å². The van der Waals surface area contributed by atoms with Crippen LogP contribution < -0.4 is 0 Å². The van der Waals surface area contributed by atoms with Crippen LogP contribution in [0.4, 0.5) is 0 Å². The first kappa shape index (κ1) is 8.55. The Hall–Kier alpha value is -0.0400. The zero-order chi connectivity index (χ0) is 8.77. The second-order valence-electron chi connectivity index (χ2n) is 5.60. The molecule has 3 fully saturated rings. The van der Waals surface area contributed by atoms with Crippen molar-refractivity contribution in [2.45, 2.75) is 46.1 Å². The maximum Gasteiger partial charge on any atom is 0.0146 e. The average Bonchev–Trinajstić information content (AvgIpc) is 2.05. The van der Waals surface area contributed by atoms with Gasteiger partial charge in [-0.15, -0.1) is 0 Å². The van der Waals surface area contributed by atoms with Crippen molar-refractivity contribution in [3.8, 4) is 0 Å². The lowest BCUT2D eigenvalue weighted by Gasteiger charge is -2.50. The van der Waals surface area contributed by atoms with Crippen LogP contribution in [0, 0.1) is 11.3 Å². The van der Waals surface area contributed by atoms with Gasteiger partial charge in [-0.3, -0.25) is 4.90 Å². The topological polar surface area (TPSA) is 3.24 Å². The van der Waals surface area contributed by atoms with E-state index >= 15 is 0 Å². The predicted molar refractivity (Wildman–Crippen MR) is 52.2 cm³/mol. The fraction of sp³-hybridized carbons (Fsp3) is 1.00. The summed E-state index contributed by atoms with van der Waals surface area (Å²) in [5.41, 5.74) is 0.499. The highest BCUT2D eigenvalue weighted by Gasteiger charge is 2.39. The number of hydrogen-bond acceptors (Lipinski definition) is 1. The molecule has 0 saturated carbocycles. The van der Waals surface area contributed by atoms with Crippen molar-refractivity contribution in [1.29, 1.82) is 0 Å². The standard InChI is InChI=1S/C11H21N/c1-11(2,3)10-8-9-4-6-12(10)7-5-9/h9-10H,4-8H2,1-3H3. The van der Waals surface area contributed by atoms with Gasteiger partial charge in [-0.25, -0.2) is 0 Å².